The first kappa shape index (κ1) is 20.0. The molecule has 2 aromatic rings. The Morgan fingerprint density at radius 3 is 2.35 bits per heavy atom. The average Bonchev–Trinajstić information content (AvgIpc) is 3.44. The van der Waals surface area contributed by atoms with Gasteiger partial charge in [-0.1, -0.05) is 18.2 Å². The zero-order valence-electron chi connectivity index (χ0n) is 17.3. The molecule has 0 aromatic heterocycles. The fourth-order valence-electron chi connectivity index (χ4n) is 4.26. The monoisotopic (exact) mass is 424 g/mol. The van der Waals surface area contributed by atoms with Crippen molar-refractivity contribution >= 4 is 17.5 Å². The highest BCUT2D eigenvalue weighted by Gasteiger charge is 2.50. The molecule has 31 heavy (non-hydrogen) atoms. The minimum Gasteiger partial charge on any atom is -0.380 e. The number of aliphatic hydroxyl groups is 1. The number of benzene rings is 2. The number of nitrogens with one attached hydrogen (secondary N) is 2. The summed E-state index contributed by atoms with van der Waals surface area (Å²) in [6.07, 6.45) is 0.997. The van der Waals surface area contributed by atoms with Gasteiger partial charge in [0.25, 0.3) is 11.8 Å². The summed E-state index contributed by atoms with van der Waals surface area (Å²) in [4.78, 5) is 28.3. The minimum absolute atomic E-state index is 0.0268. The van der Waals surface area contributed by atoms with Crippen LogP contribution in [0.2, 0.25) is 0 Å². The molecule has 1 aliphatic carbocycles. The van der Waals surface area contributed by atoms with Crippen molar-refractivity contribution in [2.45, 2.75) is 31.4 Å². The van der Waals surface area contributed by atoms with Crippen molar-refractivity contribution in [2.75, 3.05) is 31.6 Å². The molecular weight excluding hydrogens is 399 g/mol. The van der Waals surface area contributed by atoms with Crippen LogP contribution in [0.4, 0.5) is 10.1 Å². The average molecular weight is 424 g/mol. The summed E-state index contributed by atoms with van der Waals surface area (Å²) < 4.78 is 14.9. The number of halogens is 1. The van der Waals surface area contributed by atoms with Gasteiger partial charge in [0, 0.05) is 26.2 Å². The van der Waals surface area contributed by atoms with Crippen molar-refractivity contribution in [3.63, 3.8) is 0 Å². The fraction of sp³-hybridized carbons (Fsp3) is 0.391. The first-order chi connectivity index (χ1) is 14.9. The van der Waals surface area contributed by atoms with Crippen molar-refractivity contribution in [1.82, 2.24) is 15.2 Å². The zero-order chi connectivity index (χ0) is 21.8. The van der Waals surface area contributed by atoms with Crippen LogP contribution in [0.25, 0.3) is 11.1 Å². The van der Waals surface area contributed by atoms with Crippen LogP contribution in [0.15, 0.2) is 36.4 Å². The summed E-state index contributed by atoms with van der Waals surface area (Å²) in [7, 11) is 0. The lowest BCUT2D eigenvalue weighted by molar-refractivity contribution is -0.143. The van der Waals surface area contributed by atoms with E-state index in [0.717, 1.165) is 16.8 Å². The molecule has 3 aliphatic rings. The van der Waals surface area contributed by atoms with Crippen molar-refractivity contribution in [3.8, 4) is 11.1 Å². The third-order valence-electron chi connectivity index (χ3n) is 6.45. The lowest BCUT2D eigenvalue weighted by Gasteiger charge is -2.35. The predicted octanol–water partition coefficient (Wildman–Crippen LogP) is 2.29. The van der Waals surface area contributed by atoms with Crippen LogP contribution < -0.4 is 10.9 Å². The van der Waals surface area contributed by atoms with Gasteiger partial charge in [0.2, 0.25) is 0 Å². The van der Waals surface area contributed by atoms with Crippen LogP contribution in [-0.4, -0.2) is 58.5 Å². The van der Waals surface area contributed by atoms with E-state index in [4.69, 9.17) is 0 Å². The molecule has 2 amide bonds. The van der Waals surface area contributed by atoms with Gasteiger partial charge in [0.1, 0.15) is 11.4 Å². The summed E-state index contributed by atoms with van der Waals surface area (Å²) in [5, 5.41) is 9.99. The molecule has 2 heterocycles. The Kier molecular flexibility index (Phi) is 4.71. The van der Waals surface area contributed by atoms with E-state index in [1.54, 1.807) is 15.9 Å². The first-order valence-corrected chi connectivity index (χ1v) is 10.6. The molecule has 1 atom stereocenters. The Hall–Kier alpha value is -2.97. The molecule has 7 nitrogen and oxygen atoms in total. The number of anilines is 1. The van der Waals surface area contributed by atoms with Crippen molar-refractivity contribution < 1.29 is 19.1 Å². The number of nitrogens with zero attached hydrogens (tertiary/aromatic N) is 2. The summed E-state index contributed by atoms with van der Waals surface area (Å²) >= 11 is 0. The number of piperazine rings is 1. The highest BCUT2D eigenvalue weighted by molar-refractivity contribution is 5.95. The Balaban J connectivity index is 1.28. The standard InChI is InChI=1S/C23H25FN4O3/c1-14-17-4-2-16(13-20(17)26-25-14)15-3-5-18(19(24)12-15)21(29)27-8-10-28(11-9-27)22(30)23(31)6-7-23/h2-5,12-14,25-26,31H,6-11H2,1H3. The number of hydrogen-bond acceptors (Lipinski definition) is 5. The number of carbonyl (C=O) groups is 2. The number of amides is 2. The lowest BCUT2D eigenvalue weighted by atomic mass is 9.99. The minimum atomic E-state index is -1.20. The Morgan fingerprint density at radius 1 is 1.03 bits per heavy atom. The molecule has 5 rings (SSSR count). The second kappa shape index (κ2) is 7.32. The van der Waals surface area contributed by atoms with Gasteiger partial charge >= 0.3 is 0 Å². The SMILES string of the molecule is CC1NNc2cc(-c3ccc(C(=O)N4CCN(C(=O)C5(O)CC5)CC4)c(F)c3)ccc21. The summed E-state index contributed by atoms with van der Waals surface area (Å²) in [5.74, 6) is -1.20. The summed E-state index contributed by atoms with van der Waals surface area (Å²) in [6, 6.07) is 10.8. The molecule has 2 aromatic carbocycles. The Morgan fingerprint density at radius 2 is 1.68 bits per heavy atom. The van der Waals surface area contributed by atoms with E-state index in [1.165, 1.54) is 12.1 Å². The number of hydrogen-bond donors (Lipinski definition) is 3. The topological polar surface area (TPSA) is 84.9 Å². The van der Waals surface area contributed by atoms with Crippen molar-refractivity contribution in [3.05, 3.63) is 53.3 Å². The molecule has 3 N–H and O–H groups in total. The highest BCUT2D eigenvalue weighted by Crippen LogP contribution is 2.37. The van der Waals surface area contributed by atoms with Gasteiger partial charge < -0.3 is 20.3 Å². The van der Waals surface area contributed by atoms with Crippen LogP contribution in [0.1, 0.15) is 41.7 Å². The van der Waals surface area contributed by atoms with E-state index in [1.807, 2.05) is 18.2 Å². The number of hydrazine groups is 1. The number of rotatable bonds is 3. The van der Waals surface area contributed by atoms with E-state index in [0.29, 0.717) is 44.6 Å². The molecule has 0 bridgehead atoms. The van der Waals surface area contributed by atoms with Crippen LogP contribution in [0, 0.1) is 5.82 Å². The van der Waals surface area contributed by atoms with Crippen LogP contribution in [-0.2, 0) is 4.79 Å². The lowest BCUT2D eigenvalue weighted by Crippen LogP contribution is -2.53. The third kappa shape index (κ3) is 3.55. The predicted molar refractivity (Wildman–Crippen MR) is 114 cm³/mol. The third-order valence-corrected chi connectivity index (χ3v) is 6.45. The molecule has 1 saturated carbocycles. The van der Waals surface area contributed by atoms with Crippen molar-refractivity contribution in [2.24, 2.45) is 0 Å². The highest BCUT2D eigenvalue weighted by atomic mass is 19.1. The van der Waals surface area contributed by atoms with E-state index < -0.39 is 11.4 Å². The molecule has 0 radical (unpaired) electrons. The molecule has 0 spiro atoms. The van der Waals surface area contributed by atoms with Gasteiger partial charge in [-0.15, -0.1) is 0 Å². The molecule has 8 heteroatoms. The maximum Gasteiger partial charge on any atom is 0.256 e. The van der Waals surface area contributed by atoms with E-state index in [-0.39, 0.29) is 23.4 Å². The summed E-state index contributed by atoms with van der Waals surface area (Å²) in [5.41, 5.74) is 8.78. The second-order valence-electron chi connectivity index (χ2n) is 8.60. The van der Waals surface area contributed by atoms with Gasteiger partial charge in [-0.05, 0) is 54.7 Å². The second-order valence-corrected chi connectivity index (χ2v) is 8.60. The largest absolute Gasteiger partial charge is 0.380 e. The van der Waals surface area contributed by atoms with E-state index in [2.05, 4.69) is 17.8 Å². The molecule has 162 valence electrons. The van der Waals surface area contributed by atoms with Crippen LogP contribution in [0.5, 0.6) is 0 Å². The van der Waals surface area contributed by atoms with E-state index >= 15 is 0 Å². The maximum atomic E-state index is 14.9. The smallest absolute Gasteiger partial charge is 0.256 e. The zero-order valence-corrected chi connectivity index (χ0v) is 17.3. The molecule has 2 fully saturated rings. The Labute approximate surface area is 179 Å². The Bertz CT molecular complexity index is 1060. The van der Waals surface area contributed by atoms with Gasteiger partial charge in [-0.25, -0.2) is 9.82 Å². The maximum absolute atomic E-state index is 14.9. The van der Waals surface area contributed by atoms with Crippen LogP contribution >= 0.6 is 0 Å². The van der Waals surface area contributed by atoms with Gasteiger partial charge in [0.15, 0.2) is 0 Å². The first-order valence-electron chi connectivity index (χ1n) is 10.6. The van der Waals surface area contributed by atoms with Gasteiger partial charge in [-0.2, -0.15) is 0 Å². The summed E-state index contributed by atoms with van der Waals surface area (Å²) in [6.45, 7) is 3.40. The molecule has 1 saturated heterocycles. The molecular formula is C23H25FN4O3. The normalized spacial score (nSPS) is 21.5. The van der Waals surface area contributed by atoms with Crippen LogP contribution in [0.3, 0.4) is 0 Å². The van der Waals surface area contributed by atoms with Gasteiger partial charge in [0.05, 0.1) is 17.3 Å². The number of carbonyl (C=O) groups excluding carboxylic acids is 2. The quantitative estimate of drug-likeness (QED) is 0.704. The molecule has 2 aliphatic heterocycles. The van der Waals surface area contributed by atoms with Crippen molar-refractivity contribution in [1.29, 1.82) is 0 Å². The van der Waals surface area contributed by atoms with E-state index in [9.17, 15) is 19.1 Å². The molecule has 1 unspecified atom stereocenters. The number of fused-ring (bicyclic) bond motifs is 1. The van der Waals surface area contributed by atoms with Gasteiger partial charge in [-0.3, -0.25) is 9.59 Å². The fourth-order valence-corrected chi connectivity index (χ4v) is 4.26.